The number of pyridine rings is 1. The number of anilines is 2. The molecule has 41 heavy (non-hydrogen) atoms. The van der Waals surface area contributed by atoms with Crippen LogP contribution in [-0.4, -0.2) is 47.1 Å². The Balaban J connectivity index is 1.15. The Kier molecular flexibility index (Phi) is 7.64. The van der Waals surface area contributed by atoms with Crippen molar-refractivity contribution in [2.24, 2.45) is 0 Å². The number of benzene rings is 3. The van der Waals surface area contributed by atoms with Crippen molar-refractivity contribution in [1.82, 2.24) is 9.88 Å². The molecule has 1 saturated heterocycles. The lowest BCUT2D eigenvalue weighted by Gasteiger charge is -2.38. The quantitative estimate of drug-likeness (QED) is 0.265. The van der Waals surface area contributed by atoms with Crippen molar-refractivity contribution in [3.63, 3.8) is 0 Å². The molecule has 6 nitrogen and oxygen atoms in total. The highest BCUT2D eigenvalue weighted by molar-refractivity contribution is 6.30. The van der Waals surface area contributed by atoms with Gasteiger partial charge in [-0.1, -0.05) is 53.5 Å². The van der Waals surface area contributed by atoms with Crippen LogP contribution in [0.15, 0.2) is 79.0 Å². The van der Waals surface area contributed by atoms with E-state index in [1.807, 2.05) is 59.6 Å². The second kappa shape index (κ2) is 11.4. The average Bonchev–Trinajstić information content (AvgIpc) is 2.99. The minimum atomic E-state index is -0.946. The summed E-state index contributed by atoms with van der Waals surface area (Å²) in [5.74, 6) is 0.848. The van der Waals surface area contributed by atoms with Crippen LogP contribution in [-0.2, 0) is 12.1 Å². The molecule has 0 spiro atoms. The molecule has 1 amide bonds. The van der Waals surface area contributed by atoms with E-state index in [-0.39, 0.29) is 5.91 Å². The number of aliphatic hydroxyl groups is 1. The van der Waals surface area contributed by atoms with Gasteiger partial charge < -0.3 is 20.2 Å². The molecule has 2 aliphatic heterocycles. The average molecular weight is 588 g/mol. The van der Waals surface area contributed by atoms with E-state index in [1.54, 1.807) is 12.1 Å². The molecule has 8 heteroatoms. The number of aryl methyl sites for hydroxylation is 1. The van der Waals surface area contributed by atoms with Crippen LogP contribution in [0, 0.1) is 6.92 Å². The third kappa shape index (κ3) is 5.78. The van der Waals surface area contributed by atoms with Crippen LogP contribution in [0.5, 0.6) is 0 Å². The Morgan fingerprint density at radius 1 is 0.927 bits per heavy atom. The Bertz CT molecular complexity index is 1570. The smallest absolute Gasteiger partial charge is 0.253 e. The number of nitrogens with one attached hydrogen (secondary N) is 1. The van der Waals surface area contributed by atoms with Crippen LogP contribution in [0.4, 0.5) is 11.5 Å². The maximum absolute atomic E-state index is 13.3. The molecule has 0 atom stereocenters. The first-order valence-corrected chi connectivity index (χ1v) is 14.7. The zero-order valence-corrected chi connectivity index (χ0v) is 24.4. The molecule has 0 unspecified atom stereocenters. The molecule has 3 heterocycles. The fourth-order valence-electron chi connectivity index (χ4n) is 5.71. The van der Waals surface area contributed by atoms with E-state index in [0.717, 1.165) is 52.9 Å². The van der Waals surface area contributed by atoms with Gasteiger partial charge in [0.2, 0.25) is 0 Å². The van der Waals surface area contributed by atoms with E-state index in [1.165, 1.54) is 11.1 Å². The minimum Gasteiger partial charge on any atom is -0.385 e. The van der Waals surface area contributed by atoms with Crippen LogP contribution < -0.4 is 10.2 Å². The molecular formula is C33H32Cl2N4O2. The standard InChI is InChI=1S/C33H32Cl2N4O2/c1-22-2-9-29(35)18-26(22)21-39-17-14-36-31-30(39)19-25(20-37-31)23-3-5-24(6-4-23)32(40)38-15-12-33(41,13-16-38)27-7-10-28(34)11-8-27/h2-11,18-20,41H,12-17,21H2,1H3,(H,36,37). The molecule has 1 aromatic heterocycles. The van der Waals surface area contributed by atoms with Crippen LogP contribution in [0.3, 0.4) is 0 Å². The second-order valence-corrected chi connectivity index (χ2v) is 11.8. The van der Waals surface area contributed by atoms with Crippen LogP contribution in [0.1, 0.15) is 39.9 Å². The first kappa shape index (κ1) is 27.6. The Labute approximate surface area is 250 Å². The number of hydrogen-bond donors (Lipinski definition) is 2. The van der Waals surface area contributed by atoms with Crippen molar-refractivity contribution in [3.8, 4) is 11.1 Å². The van der Waals surface area contributed by atoms with E-state index in [2.05, 4.69) is 29.3 Å². The van der Waals surface area contributed by atoms with Crippen molar-refractivity contribution < 1.29 is 9.90 Å². The van der Waals surface area contributed by atoms with Crippen molar-refractivity contribution in [3.05, 3.63) is 111 Å². The summed E-state index contributed by atoms with van der Waals surface area (Å²) in [6.45, 7) is 5.52. The van der Waals surface area contributed by atoms with Gasteiger partial charge in [0.1, 0.15) is 5.82 Å². The number of carbonyl (C=O) groups is 1. The van der Waals surface area contributed by atoms with E-state index in [4.69, 9.17) is 28.2 Å². The van der Waals surface area contributed by atoms with Gasteiger partial charge in [-0.2, -0.15) is 0 Å². The molecule has 6 rings (SSSR count). The molecular weight excluding hydrogens is 555 g/mol. The summed E-state index contributed by atoms with van der Waals surface area (Å²) >= 11 is 12.3. The number of fused-ring (bicyclic) bond motifs is 1. The van der Waals surface area contributed by atoms with Gasteiger partial charge in [0.25, 0.3) is 5.91 Å². The van der Waals surface area contributed by atoms with Gasteiger partial charge in [0.15, 0.2) is 0 Å². The molecule has 2 aliphatic rings. The van der Waals surface area contributed by atoms with E-state index >= 15 is 0 Å². The number of hydrogen-bond acceptors (Lipinski definition) is 5. The van der Waals surface area contributed by atoms with Crippen LogP contribution in [0.25, 0.3) is 11.1 Å². The summed E-state index contributed by atoms with van der Waals surface area (Å²) in [6, 6.07) is 23.2. The predicted molar refractivity (Wildman–Crippen MR) is 166 cm³/mol. The maximum Gasteiger partial charge on any atom is 0.253 e. The SMILES string of the molecule is Cc1ccc(Cl)cc1CN1CCNc2ncc(-c3ccc(C(=O)N4CCC(O)(c5ccc(Cl)cc5)CC4)cc3)cc21. The van der Waals surface area contributed by atoms with Gasteiger partial charge in [-0.15, -0.1) is 0 Å². The lowest BCUT2D eigenvalue weighted by molar-refractivity contribution is -0.0211. The third-order valence-electron chi connectivity index (χ3n) is 8.28. The fraction of sp³-hybridized carbons (Fsp3) is 0.273. The molecule has 0 aliphatic carbocycles. The van der Waals surface area contributed by atoms with Crippen molar-refractivity contribution >= 4 is 40.6 Å². The number of amides is 1. The number of likely N-dealkylation sites (tertiary alicyclic amines) is 1. The lowest BCUT2D eigenvalue weighted by Crippen LogP contribution is -2.45. The highest BCUT2D eigenvalue weighted by Gasteiger charge is 2.35. The molecule has 0 saturated carbocycles. The molecule has 4 aromatic rings. The van der Waals surface area contributed by atoms with Crippen molar-refractivity contribution in [1.29, 1.82) is 0 Å². The van der Waals surface area contributed by atoms with Gasteiger partial charge in [0.05, 0.1) is 11.3 Å². The summed E-state index contributed by atoms with van der Waals surface area (Å²) < 4.78 is 0. The van der Waals surface area contributed by atoms with Crippen LogP contribution in [0.2, 0.25) is 10.0 Å². The molecule has 1 fully saturated rings. The monoisotopic (exact) mass is 586 g/mol. The Morgan fingerprint density at radius 3 is 2.37 bits per heavy atom. The third-order valence-corrected chi connectivity index (χ3v) is 8.77. The summed E-state index contributed by atoms with van der Waals surface area (Å²) in [6.07, 6.45) is 2.84. The fourth-order valence-corrected chi connectivity index (χ4v) is 6.04. The van der Waals surface area contributed by atoms with Gasteiger partial charge in [-0.25, -0.2) is 4.98 Å². The highest BCUT2D eigenvalue weighted by atomic mass is 35.5. The lowest BCUT2D eigenvalue weighted by atomic mass is 9.84. The Hall–Kier alpha value is -3.58. The zero-order valence-electron chi connectivity index (χ0n) is 22.9. The number of aromatic nitrogens is 1. The number of carbonyl (C=O) groups excluding carboxylic acids is 1. The van der Waals surface area contributed by atoms with E-state index < -0.39 is 5.60 Å². The summed E-state index contributed by atoms with van der Waals surface area (Å²) in [4.78, 5) is 22.2. The number of nitrogens with zero attached hydrogens (tertiary/aromatic N) is 3. The number of halogens is 2. The molecule has 0 radical (unpaired) electrons. The number of piperidine rings is 1. The molecule has 3 aromatic carbocycles. The van der Waals surface area contributed by atoms with Gasteiger partial charge in [-0.05, 0) is 84.5 Å². The van der Waals surface area contributed by atoms with E-state index in [0.29, 0.717) is 36.5 Å². The minimum absolute atomic E-state index is 0.0226. The Morgan fingerprint density at radius 2 is 1.63 bits per heavy atom. The molecule has 0 bridgehead atoms. The normalized spacial score (nSPS) is 16.2. The summed E-state index contributed by atoms with van der Waals surface area (Å²) in [5.41, 5.74) is 5.98. The van der Waals surface area contributed by atoms with Gasteiger partial charge in [0, 0.05) is 60.1 Å². The first-order chi connectivity index (χ1) is 19.8. The summed E-state index contributed by atoms with van der Waals surface area (Å²) in [7, 11) is 0. The van der Waals surface area contributed by atoms with Gasteiger partial charge in [-0.3, -0.25) is 4.79 Å². The first-order valence-electron chi connectivity index (χ1n) is 13.9. The topological polar surface area (TPSA) is 68.7 Å². The number of rotatable bonds is 5. The predicted octanol–water partition coefficient (Wildman–Crippen LogP) is 6.92. The van der Waals surface area contributed by atoms with Crippen molar-refractivity contribution in [2.75, 3.05) is 36.4 Å². The molecule has 2 N–H and O–H groups in total. The highest BCUT2D eigenvalue weighted by Crippen LogP contribution is 2.35. The second-order valence-electron chi connectivity index (χ2n) is 10.9. The summed E-state index contributed by atoms with van der Waals surface area (Å²) in [5, 5.41) is 16.0. The van der Waals surface area contributed by atoms with Crippen molar-refractivity contribution in [2.45, 2.75) is 31.9 Å². The maximum atomic E-state index is 13.3. The largest absolute Gasteiger partial charge is 0.385 e. The van der Waals surface area contributed by atoms with E-state index in [9.17, 15) is 9.90 Å². The molecule has 210 valence electrons. The zero-order chi connectivity index (χ0) is 28.6. The van der Waals surface area contributed by atoms with Crippen LogP contribution >= 0.6 is 23.2 Å². The van der Waals surface area contributed by atoms with Gasteiger partial charge >= 0.3 is 0 Å².